The van der Waals surface area contributed by atoms with Gasteiger partial charge in [0, 0.05) is 6.92 Å². The molecule has 17 atom stereocenters. The Hall–Kier alpha value is -1.21. The summed E-state index contributed by atoms with van der Waals surface area (Å²) in [7, 11) is 0. The van der Waals surface area contributed by atoms with E-state index in [0.29, 0.717) is 6.42 Å². The second-order valence-corrected chi connectivity index (χ2v) is 21.9. The smallest absolute Gasteiger partial charge is 0.217 e. The zero-order valence-corrected chi connectivity index (χ0v) is 46.0. The van der Waals surface area contributed by atoms with Gasteiger partial charge in [0.25, 0.3) is 0 Å². The van der Waals surface area contributed by atoms with Gasteiger partial charge in [-0.05, 0) is 6.42 Å². The van der Waals surface area contributed by atoms with Gasteiger partial charge in [0.15, 0.2) is 18.9 Å². The van der Waals surface area contributed by atoms with Gasteiger partial charge in [0.05, 0.1) is 38.6 Å². The van der Waals surface area contributed by atoms with Gasteiger partial charge in [-0.3, -0.25) is 4.79 Å². The summed E-state index contributed by atoms with van der Waals surface area (Å²) < 4.78 is 33.8. The lowest BCUT2D eigenvalue weighted by molar-refractivity contribution is -0.379. The molecule has 0 aliphatic carbocycles. The number of amides is 1. The molecule has 3 fully saturated rings. The molecule has 17 unspecified atom stereocenters. The molecule has 19 nitrogen and oxygen atoms in total. The number of hydrogen-bond acceptors (Lipinski definition) is 18. The predicted octanol–water partition coefficient (Wildman–Crippen LogP) is 4.82. The molecule has 3 aliphatic rings. The van der Waals surface area contributed by atoms with Crippen LogP contribution in [0, 0.1) is 0 Å². The molecule has 75 heavy (non-hydrogen) atoms. The number of ether oxygens (including phenoxy) is 6. The number of aliphatic hydroxyl groups is 11. The maximum absolute atomic E-state index is 12.1. The molecule has 12 N–H and O–H groups in total. The van der Waals surface area contributed by atoms with Crippen LogP contribution in [0.3, 0.4) is 0 Å². The summed E-state index contributed by atoms with van der Waals surface area (Å²) in [6.45, 7) is 0.869. The second kappa shape index (κ2) is 40.9. The van der Waals surface area contributed by atoms with Gasteiger partial charge in [0.1, 0.15) is 73.2 Å². The highest BCUT2D eigenvalue weighted by molar-refractivity contribution is 5.73. The normalized spacial score (nSPS) is 31.1. The van der Waals surface area contributed by atoms with Crippen molar-refractivity contribution < 1.29 is 89.4 Å². The molecule has 0 aromatic carbocycles. The molecule has 0 spiro atoms. The molecule has 3 heterocycles. The number of carbonyl (C=O) groups is 1. The SMILES string of the molecule is CCCCCCCCCCCCCCCCCCCCCCCCCCCCCCCCCC(O)C(COC1OC(CO)C(OC2OC(CO)C(OC3OC(CO)C(O)C(O)C3O)C(O)C2O)C(O)C1O)NC(C)=O. The van der Waals surface area contributed by atoms with Gasteiger partial charge in [-0.15, -0.1) is 0 Å². The zero-order valence-electron chi connectivity index (χ0n) is 46.0. The van der Waals surface area contributed by atoms with Crippen LogP contribution < -0.4 is 5.32 Å². The average molecular weight is 1080 g/mol. The predicted molar refractivity (Wildman–Crippen MR) is 282 cm³/mol. The van der Waals surface area contributed by atoms with E-state index in [1.807, 2.05) is 0 Å². The first-order valence-electron chi connectivity index (χ1n) is 29.7. The van der Waals surface area contributed by atoms with E-state index in [9.17, 15) is 61.0 Å². The lowest BCUT2D eigenvalue weighted by atomic mass is 9.96. The molecule has 1 amide bonds. The minimum atomic E-state index is -1.96. The van der Waals surface area contributed by atoms with Crippen LogP contribution in [0.2, 0.25) is 0 Å². The van der Waals surface area contributed by atoms with Gasteiger partial charge < -0.3 is 89.9 Å². The van der Waals surface area contributed by atoms with Crippen LogP contribution in [-0.4, -0.2) is 193 Å². The fraction of sp³-hybridized carbons (Fsp3) is 0.982. The van der Waals surface area contributed by atoms with Crippen molar-refractivity contribution in [3.05, 3.63) is 0 Å². The van der Waals surface area contributed by atoms with E-state index in [1.54, 1.807) is 0 Å². The lowest BCUT2D eigenvalue weighted by Gasteiger charge is -2.48. The Morgan fingerprint density at radius 3 is 1.08 bits per heavy atom. The van der Waals surface area contributed by atoms with Crippen LogP contribution >= 0.6 is 0 Å². The highest BCUT2D eigenvalue weighted by Crippen LogP contribution is 2.33. The van der Waals surface area contributed by atoms with E-state index < -0.39 is 130 Å². The van der Waals surface area contributed by atoms with Gasteiger partial charge >= 0.3 is 0 Å². The highest BCUT2D eigenvalue weighted by atomic mass is 16.8. The lowest BCUT2D eigenvalue weighted by Crippen LogP contribution is -2.66. The van der Waals surface area contributed by atoms with Crippen LogP contribution in [0.4, 0.5) is 0 Å². The van der Waals surface area contributed by atoms with E-state index >= 15 is 0 Å². The van der Waals surface area contributed by atoms with E-state index in [1.165, 1.54) is 180 Å². The van der Waals surface area contributed by atoms with Crippen LogP contribution in [0.1, 0.15) is 219 Å². The van der Waals surface area contributed by atoms with Crippen molar-refractivity contribution in [2.75, 3.05) is 26.4 Å². The Kier molecular flexibility index (Phi) is 37.1. The maximum Gasteiger partial charge on any atom is 0.217 e. The third-order valence-corrected chi connectivity index (χ3v) is 15.5. The first-order chi connectivity index (χ1) is 36.3. The summed E-state index contributed by atoms with van der Waals surface area (Å²) in [6.07, 6.45) is 15.0. The van der Waals surface area contributed by atoms with Crippen LogP contribution in [0.15, 0.2) is 0 Å². The van der Waals surface area contributed by atoms with Gasteiger partial charge in [-0.1, -0.05) is 206 Å². The molecular formula is C56H107NO18. The number of unbranched alkanes of at least 4 members (excludes halogenated alkanes) is 30. The van der Waals surface area contributed by atoms with E-state index in [0.717, 1.165) is 25.7 Å². The van der Waals surface area contributed by atoms with Crippen LogP contribution in [-0.2, 0) is 33.2 Å². The molecule has 0 aromatic heterocycles. The van der Waals surface area contributed by atoms with E-state index in [4.69, 9.17) is 28.4 Å². The third kappa shape index (κ3) is 25.8. The Morgan fingerprint density at radius 1 is 0.427 bits per heavy atom. The minimum Gasteiger partial charge on any atom is -0.394 e. The molecular weight excluding hydrogens is 975 g/mol. The largest absolute Gasteiger partial charge is 0.394 e. The first-order valence-corrected chi connectivity index (χ1v) is 29.7. The summed E-state index contributed by atoms with van der Waals surface area (Å²) in [5.74, 6) is -0.416. The third-order valence-electron chi connectivity index (χ3n) is 15.5. The molecule has 3 aliphatic heterocycles. The molecule has 0 aromatic rings. The fourth-order valence-corrected chi connectivity index (χ4v) is 10.6. The van der Waals surface area contributed by atoms with Gasteiger partial charge in [0.2, 0.25) is 5.91 Å². The summed E-state index contributed by atoms with van der Waals surface area (Å²) in [6, 6.07) is -0.883. The summed E-state index contributed by atoms with van der Waals surface area (Å²) in [5.41, 5.74) is 0. The molecule has 444 valence electrons. The number of hydrogen-bond donors (Lipinski definition) is 12. The van der Waals surface area contributed by atoms with Crippen molar-refractivity contribution >= 4 is 5.91 Å². The number of nitrogens with one attached hydrogen (secondary N) is 1. The van der Waals surface area contributed by atoms with Crippen molar-refractivity contribution in [1.82, 2.24) is 5.32 Å². The molecule has 0 radical (unpaired) electrons. The number of aliphatic hydroxyl groups excluding tert-OH is 11. The standard InChI is InChI=1S/C56H107NO18/c1-3-4-5-6-7-8-9-10-11-12-13-14-15-16-17-18-19-20-21-22-23-24-25-26-27-28-29-30-31-32-33-34-41(62)40(57-39(2)61)38-70-54-50(68)47(65)52(43(36-59)72-54)75-56-51(69)48(66)53(44(37-60)73-56)74-55-49(67)46(64)45(63)42(35-58)71-55/h40-56,58-60,62-69H,3-38H2,1-2H3,(H,57,61). The van der Waals surface area contributed by atoms with Crippen molar-refractivity contribution in [2.45, 2.75) is 324 Å². The Balaban J connectivity index is 1.21. The fourth-order valence-electron chi connectivity index (χ4n) is 10.6. The average Bonchev–Trinajstić information content (AvgIpc) is 3.40. The number of rotatable bonds is 44. The van der Waals surface area contributed by atoms with Gasteiger partial charge in [-0.25, -0.2) is 0 Å². The van der Waals surface area contributed by atoms with Gasteiger partial charge in [-0.2, -0.15) is 0 Å². The maximum atomic E-state index is 12.1. The van der Waals surface area contributed by atoms with E-state index in [2.05, 4.69) is 12.2 Å². The Morgan fingerprint density at radius 2 is 0.733 bits per heavy atom. The summed E-state index contributed by atoms with van der Waals surface area (Å²) >= 11 is 0. The zero-order chi connectivity index (χ0) is 54.8. The molecule has 3 rings (SSSR count). The second-order valence-electron chi connectivity index (χ2n) is 21.9. The quantitative estimate of drug-likeness (QED) is 0.0364. The van der Waals surface area contributed by atoms with Crippen molar-refractivity contribution in [2.24, 2.45) is 0 Å². The van der Waals surface area contributed by atoms with E-state index in [-0.39, 0.29) is 6.61 Å². The first kappa shape index (κ1) is 68.1. The summed E-state index contributed by atoms with van der Waals surface area (Å²) in [5, 5.41) is 118. The van der Waals surface area contributed by atoms with Crippen LogP contribution in [0.25, 0.3) is 0 Å². The molecule has 0 bridgehead atoms. The Labute approximate surface area is 449 Å². The molecule has 3 saturated heterocycles. The molecule has 19 heteroatoms. The molecule has 0 saturated carbocycles. The number of carbonyl (C=O) groups excluding carboxylic acids is 1. The summed E-state index contributed by atoms with van der Waals surface area (Å²) in [4.78, 5) is 12.1. The Bertz CT molecular complexity index is 1390. The highest BCUT2D eigenvalue weighted by Gasteiger charge is 2.53. The van der Waals surface area contributed by atoms with Crippen molar-refractivity contribution in [3.8, 4) is 0 Å². The minimum absolute atomic E-state index is 0.316. The monoisotopic (exact) mass is 1080 g/mol. The van der Waals surface area contributed by atoms with Crippen molar-refractivity contribution in [3.63, 3.8) is 0 Å². The topological polar surface area (TPSA) is 307 Å². The van der Waals surface area contributed by atoms with Crippen molar-refractivity contribution in [1.29, 1.82) is 0 Å². The van der Waals surface area contributed by atoms with Crippen LogP contribution in [0.5, 0.6) is 0 Å².